The molecule has 8 heteroatoms. The van der Waals surface area contributed by atoms with Gasteiger partial charge in [-0.3, -0.25) is 0 Å². The first-order chi connectivity index (χ1) is 18.7. The second-order valence-corrected chi connectivity index (χ2v) is 9.95. The van der Waals surface area contributed by atoms with Crippen molar-refractivity contribution in [3.05, 3.63) is 140 Å². The molecule has 186 valence electrons. The summed E-state index contributed by atoms with van der Waals surface area (Å²) >= 11 is 0. The van der Waals surface area contributed by atoms with E-state index in [-0.39, 0.29) is 0 Å². The average molecular weight is 519 g/mol. The summed E-state index contributed by atoms with van der Waals surface area (Å²) in [5.41, 5.74) is 2.78. The van der Waals surface area contributed by atoms with E-state index in [1.54, 1.807) is 72.8 Å². The molecule has 5 aromatic carbocycles. The molecular formula is C30H23N4O3P. The summed E-state index contributed by atoms with van der Waals surface area (Å²) in [7, 11) is -3.78. The molecule has 0 saturated heterocycles. The minimum absolute atomic E-state index is 0.379. The highest BCUT2D eigenvalue weighted by atomic mass is 31.2. The summed E-state index contributed by atoms with van der Waals surface area (Å²) in [5, 5.41) is 17.3. The summed E-state index contributed by atoms with van der Waals surface area (Å²) in [5.74, 6) is 0.758. The Bertz CT molecular complexity index is 1460. The van der Waals surface area contributed by atoms with Crippen LogP contribution in [0, 0.1) is 0 Å². The maximum atomic E-state index is 14.0. The third-order valence-electron chi connectivity index (χ3n) is 5.27. The lowest BCUT2D eigenvalue weighted by Crippen LogP contribution is -2.14. The van der Waals surface area contributed by atoms with Gasteiger partial charge in [0.25, 0.3) is 0 Å². The molecular weight excluding hydrogens is 495 g/mol. The number of rotatable bonds is 9. The first kappa shape index (κ1) is 24.8. The van der Waals surface area contributed by atoms with Gasteiger partial charge in [0.15, 0.2) is 0 Å². The third kappa shape index (κ3) is 6.66. The first-order valence-corrected chi connectivity index (χ1v) is 13.4. The molecule has 0 aromatic heterocycles. The lowest BCUT2D eigenvalue weighted by Gasteiger charge is -2.20. The fourth-order valence-corrected chi connectivity index (χ4v) is 4.96. The van der Waals surface area contributed by atoms with Crippen LogP contribution in [0.2, 0.25) is 0 Å². The third-order valence-corrected chi connectivity index (χ3v) is 7.10. The lowest BCUT2D eigenvalue weighted by molar-refractivity contribution is 0.399. The molecule has 7 nitrogen and oxygen atoms in total. The Morgan fingerprint density at radius 2 is 0.711 bits per heavy atom. The van der Waals surface area contributed by atoms with Gasteiger partial charge in [-0.2, -0.15) is 20.5 Å². The average Bonchev–Trinajstić information content (AvgIpc) is 2.98. The van der Waals surface area contributed by atoms with E-state index in [0.29, 0.717) is 28.2 Å². The normalized spacial score (nSPS) is 11.6. The van der Waals surface area contributed by atoms with Crippen molar-refractivity contribution in [1.82, 2.24) is 0 Å². The Balaban J connectivity index is 1.32. The second kappa shape index (κ2) is 11.9. The van der Waals surface area contributed by atoms with Crippen LogP contribution >= 0.6 is 7.60 Å². The van der Waals surface area contributed by atoms with Crippen LogP contribution in [-0.2, 0) is 4.57 Å². The summed E-state index contributed by atoms with van der Waals surface area (Å²) in [4.78, 5) is 0. The molecule has 0 atom stereocenters. The molecule has 0 aliphatic rings. The van der Waals surface area contributed by atoms with E-state index < -0.39 is 7.60 Å². The molecule has 5 rings (SSSR count). The van der Waals surface area contributed by atoms with Crippen molar-refractivity contribution in [1.29, 1.82) is 0 Å². The SMILES string of the molecule is O=P(Oc1ccc(/N=N/c2ccccc2)cc1)(Oc1ccc(/N=N/c2ccccc2)cc1)c1ccccc1. The van der Waals surface area contributed by atoms with Gasteiger partial charge in [-0.1, -0.05) is 54.6 Å². The molecule has 0 radical (unpaired) electrons. The number of azo groups is 2. The Hall–Kier alpha value is -4.87. The number of hydrogen-bond acceptors (Lipinski definition) is 7. The van der Waals surface area contributed by atoms with Gasteiger partial charge in [0.1, 0.15) is 11.5 Å². The highest BCUT2D eigenvalue weighted by molar-refractivity contribution is 7.63. The van der Waals surface area contributed by atoms with Crippen molar-refractivity contribution in [2.24, 2.45) is 20.5 Å². The quantitative estimate of drug-likeness (QED) is 0.144. The van der Waals surface area contributed by atoms with E-state index >= 15 is 0 Å². The van der Waals surface area contributed by atoms with Crippen LogP contribution in [0.4, 0.5) is 22.7 Å². The van der Waals surface area contributed by atoms with Crippen molar-refractivity contribution in [2.75, 3.05) is 0 Å². The largest absolute Gasteiger partial charge is 0.462 e. The van der Waals surface area contributed by atoms with Gasteiger partial charge in [-0.15, -0.1) is 0 Å². The Morgan fingerprint density at radius 3 is 1.08 bits per heavy atom. The number of benzene rings is 5. The van der Waals surface area contributed by atoms with Gasteiger partial charge in [-0.25, -0.2) is 4.57 Å². The van der Waals surface area contributed by atoms with E-state index in [0.717, 1.165) is 11.4 Å². The predicted octanol–water partition coefficient (Wildman–Crippen LogP) is 9.49. The summed E-state index contributed by atoms with van der Waals surface area (Å²) in [6.45, 7) is 0. The number of nitrogens with zero attached hydrogens (tertiary/aromatic N) is 4. The van der Waals surface area contributed by atoms with Crippen LogP contribution < -0.4 is 14.4 Å². The zero-order chi connectivity index (χ0) is 26.0. The standard InChI is InChI=1S/C30H23N4O3P/c35-38(30-14-8-3-9-15-30,36-28-20-16-26(17-21-28)33-31-24-10-4-1-5-11-24)37-29-22-18-27(19-23-29)34-32-25-12-6-2-7-13-25/h1-23H/b33-31+,34-32+. The summed E-state index contributed by atoms with van der Waals surface area (Å²) in [6, 6.07) is 41.4. The van der Waals surface area contributed by atoms with Gasteiger partial charge < -0.3 is 9.05 Å². The maximum absolute atomic E-state index is 14.0. The molecule has 0 aliphatic carbocycles. The van der Waals surface area contributed by atoms with E-state index in [9.17, 15) is 4.57 Å². The summed E-state index contributed by atoms with van der Waals surface area (Å²) < 4.78 is 25.9. The molecule has 0 aliphatic heterocycles. The first-order valence-electron chi connectivity index (χ1n) is 11.8. The zero-order valence-corrected chi connectivity index (χ0v) is 21.1. The molecule has 0 bridgehead atoms. The van der Waals surface area contributed by atoms with Gasteiger partial charge in [0.2, 0.25) is 0 Å². The predicted molar refractivity (Wildman–Crippen MR) is 149 cm³/mol. The molecule has 0 unspecified atom stereocenters. The zero-order valence-electron chi connectivity index (χ0n) is 20.2. The van der Waals surface area contributed by atoms with Crippen molar-refractivity contribution in [3.8, 4) is 11.5 Å². The Labute approximate surface area is 220 Å². The van der Waals surface area contributed by atoms with Crippen LogP contribution in [0.1, 0.15) is 0 Å². The Kier molecular flexibility index (Phi) is 7.78. The number of hydrogen-bond donors (Lipinski definition) is 0. The van der Waals surface area contributed by atoms with Crippen LogP contribution in [0.3, 0.4) is 0 Å². The van der Waals surface area contributed by atoms with Crippen LogP contribution in [-0.4, -0.2) is 0 Å². The lowest BCUT2D eigenvalue weighted by atomic mass is 10.3. The molecule has 0 heterocycles. The molecule has 38 heavy (non-hydrogen) atoms. The van der Waals surface area contributed by atoms with Gasteiger partial charge >= 0.3 is 7.60 Å². The fourth-order valence-electron chi connectivity index (χ4n) is 3.38. The minimum atomic E-state index is -3.78. The highest BCUT2D eigenvalue weighted by Crippen LogP contribution is 2.48. The highest BCUT2D eigenvalue weighted by Gasteiger charge is 2.31. The molecule has 0 spiro atoms. The molecule has 0 saturated carbocycles. The fraction of sp³-hybridized carbons (Fsp3) is 0. The second-order valence-electron chi connectivity index (χ2n) is 8.07. The molecule has 0 fully saturated rings. The van der Waals surface area contributed by atoms with E-state index in [4.69, 9.17) is 9.05 Å². The van der Waals surface area contributed by atoms with Gasteiger partial charge in [0.05, 0.1) is 28.1 Å². The van der Waals surface area contributed by atoms with E-state index in [1.807, 2.05) is 66.7 Å². The molecule has 0 amide bonds. The van der Waals surface area contributed by atoms with Crippen LogP contribution in [0.25, 0.3) is 0 Å². The topological polar surface area (TPSA) is 85.0 Å². The minimum Gasteiger partial charge on any atom is -0.413 e. The van der Waals surface area contributed by atoms with Crippen LogP contribution in [0.5, 0.6) is 11.5 Å². The maximum Gasteiger partial charge on any atom is 0.462 e. The summed E-state index contributed by atoms with van der Waals surface area (Å²) in [6.07, 6.45) is 0. The van der Waals surface area contributed by atoms with Gasteiger partial charge in [-0.05, 0) is 84.9 Å². The van der Waals surface area contributed by atoms with Crippen molar-refractivity contribution in [3.63, 3.8) is 0 Å². The van der Waals surface area contributed by atoms with E-state index in [1.165, 1.54) is 0 Å². The molecule has 0 N–H and O–H groups in total. The van der Waals surface area contributed by atoms with Crippen molar-refractivity contribution < 1.29 is 13.6 Å². The molecule has 5 aromatic rings. The van der Waals surface area contributed by atoms with Gasteiger partial charge in [0, 0.05) is 0 Å². The Morgan fingerprint density at radius 1 is 0.395 bits per heavy atom. The van der Waals surface area contributed by atoms with Crippen molar-refractivity contribution in [2.45, 2.75) is 0 Å². The smallest absolute Gasteiger partial charge is 0.413 e. The van der Waals surface area contributed by atoms with E-state index in [2.05, 4.69) is 20.5 Å². The van der Waals surface area contributed by atoms with Crippen LogP contribution in [0.15, 0.2) is 160 Å². The van der Waals surface area contributed by atoms with Crippen molar-refractivity contribution >= 4 is 35.6 Å². The monoisotopic (exact) mass is 518 g/mol.